The van der Waals surface area contributed by atoms with E-state index in [2.05, 4.69) is 26.0 Å². The Hall–Kier alpha value is -1.53. The van der Waals surface area contributed by atoms with Gasteiger partial charge in [0.15, 0.2) is 5.65 Å². The molecule has 21 heavy (non-hydrogen) atoms. The predicted octanol–water partition coefficient (Wildman–Crippen LogP) is 3.58. The molecule has 0 aliphatic heterocycles. The van der Waals surface area contributed by atoms with Crippen molar-refractivity contribution in [1.82, 2.24) is 19.3 Å². The van der Waals surface area contributed by atoms with Gasteiger partial charge in [0.1, 0.15) is 17.1 Å². The molecule has 0 radical (unpaired) electrons. The SMILES string of the molecule is COc1cc(-n2c(CCl)nc3c(C)nn(C)c32)ccc1Br. The third-order valence-corrected chi connectivity index (χ3v) is 4.28. The molecular formula is C14H14BrClN4O. The lowest BCUT2D eigenvalue weighted by atomic mass is 10.3. The Morgan fingerprint density at radius 3 is 2.81 bits per heavy atom. The van der Waals surface area contributed by atoms with Gasteiger partial charge in [0, 0.05) is 13.1 Å². The van der Waals surface area contributed by atoms with Crippen molar-refractivity contribution >= 4 is 38.7 Å². The van der Waals surface area contributed by atoms with Gasteiger partial charge < -0.3 is 4.74 Å². The first-order valence-corrected chi connectivity index (χ1v) is 7.70. The number of ether oxygens (including phenoxy) is 1. The summed E-state index contributed by atoms with van der Waals surface area (Å²) in [4.78, 5) is 4.60. The maximum Gasteiger partial charge on any atom is 0.163 e. The largest absolute Gasteiger partial charge is 0.495 e. The Kier molecular flexibility index (Phi) is 3.67. The van der Waals surface area contributed by atoms with Crippen LogP contribution < -0.4 is 4.74 Å². The fourth-order valence-electron chi connectivity index (χ4n) is 2.47. The standard InChI is InChI=1S/C14H14BrClN4O/c1-8-13-14(19(2)18-8)20(12(7-16)17-13)9-4-5-10(15)11(6-9)21-3/h4-6H,7H2,1-3H3. The van der Waals surface area contributed by atoms with Gasteiger partial charge in [-0.25, -0.2) is 9.67 Å². The Morgan fingerprint density at radius 2 is 2.14 bits per heavy atom. The molecule has 0 saturated carbocycles. The van der Waals surface area contributed by atoms with Crippen LogP contribution >= 0.6 is 27.5 Å². The second-order valence-electron chi connectivity index (χ2n) is 4.70. The van der Waals surface area contributed by atoms with Gasteiger partial charge in [0.05, 0.1) is 28.8 Å². The van der Waals surface area contributed by atoms with Crippen molar-refractivity contribution in [3.05, 3.63) is 34.2 Å². The van der Waals surface area contributed by atoms with E-state index >= 15 is 0 Å². The zero-order valence-electron chi connectivity index (χ0n) is 11.9. The summed E-state index contributed by atoms with van der Waals surface area (Å²) < 4.78 is 10.1. The third kappa shape index (κ3) is 2.22. The Morgan fingerprint density at radius 1 is 1.38 bits per heavy atom. The number of hydrogen-bond acceptors (Lipinski definition) is 3. The maximum atomic E-state index is 6.07. The molecule has 0 saturated heterocycles. The zero-order chi connectivity index (χ0) is 15.1. The average molecular weight is 370 g/mol. The highest BCUT2D eigenvalue weighted by Crippen LogP contribution is 2.30. The molecule has 0 spiro atoms. The van der Waals surface area contributed by atoms with Gasteiger partial charge in [0.2, 0.25) is 0 Å². The maximum absolute atomic E-state index is 6.07. The van der Waals surface area contributed by atoms with Gasteiger partial charge in [0.25, 0.3) is 0 Å². The Balaban J connectivity index is 2.33. The van der Waals surface area contributed by atoms with Crippen molar-refractivity contribution in [2.24, 2.45) is 7.05 Å². The van der Waals surface area contributed by atoms with E-state index in [1.807, 2.05) is 41.4 Å². The van der Waals surface area contributed by atoms with Gasteiger partial charge in [-0.05, 0) is 35.0 Å². The van der Waals surface area contributed by atoms with Crippen LogP contribution in [0.15, 0.2) is 22.7 Å². The van der Waals surface area contributed by atoms with Crippen LogP contribution in [0.1, 0.15) is 11.5 Å². The van der Waals surface area contributed by atoms with Crippen LogP contribution in [0, 0.1) is 6.92 Å². The van der Waals surface area contributed by atoms with Crippen molar-refractivity contribution < 1.29 is 4.74 Å². The first kappa shape index (κ1) is 14.4. The molecule has 0 bridgehead atoms. The normalized spacial score (nSPS) is 11.3. The number of fused-ring (bicyclic) bond motifs is 1. The summed E-state index contributed by atoms with van der Waals surface area (Å²) >= 11 is 9.53. The molecule has 7 heteroatoms. The molecule has 3 aromatic rings. The summed E-state index contributed by atoms with van der Waals surface area (Å²) in [6, 6.07) is 5.89. The second kappa shape index (κ2) is 5.35. The monoisotopic (exact) mass is 368 g/mol. The number of imidazole rings is 1. The molecule has 2 aromatic heterocycles. The number of rotatable bonds is 3. The average Bonchev–Trinajstić information content (AvgIpc) is 2.98. The highest BCUT2D eigenvalue weighted by Gasteiger charge is 2.18. The lowest BCUT2D eigenvalue weighted by molar-refractivity contribution is 0.412. The summed E-state index contributed by atoms with van der Waals surface area (Å²) in [7, 11) is 3.55. The number of hydrogen-bond donors (Lipinski definition) is 0. The van der Waals surface area contributed by atoms with Gasteiger partial charge in [-0.2, -0.15) is 5.10 Å². The highest BCUT2D eigenvalue weighted by molar-refractivity contribution is 9.10. The summed E-state index contributed by atoms with van der Waals surface area (Å²) in [5.41, 5.74) is 3.63. The highest BCUT2D eigenvalue weighted by atomic mass is 79.9. The van der Waals surface area contributed by atoms with E-state index in [4.69, 9.17) is 16.3 Å². The number of nitrogens with zero attached hydrogens (tertiary/aromatic N) is 4. The molecular weight excluding hydrogens is 356 g/mol. The van der Waals surface area contributed by atoms with Crippen LogP contribution in [-0.4, -0.2) is 26.4 Å². The van der Waals surface area contributed by atoms with Gasteiger partial charge in [-0.15, -0.1) is 11.6 Å². The number of aromatic nitrogens is 4. The minimum atomic E-state index is 0.326. The topological polar surface area (TPSA) is 44.9 Å². The summed E-state index contributed by atoms with van der Waals surface area (Å²) in [5.74, 6) is 1.87. The summed E-state index contributed by atoms with van der Waals surface area (Å²) in [6.07, 6.45) is 0. The van der Waals surface area contributed by atoms with Crippen molar-refractivity contribution in [2.45, 2.75) is 12.8 Å². The van der Waals surface area contributed by atoms with Crippen LogP contribution in [-0.2, 0) is 12.9 Å². The zero-order valence-corrected chi connectivity index (χ0v) is 14.2. The smallest absolute Gasteiger partial charge is 0.163 e. The quantitative estimate of drug-likeness (QED) is 0.663. The van der Waals surface area contributed by atoms with Crippen molar-refractivity contribution in [1.29, 1.82) is 0 Å². The molecule has 110 valence electrons. The molecule has 0 fully saturated rings. The van der Waals surface area contributed by atoms with Crippen LogP contribution in [0.4, 0.5) is 0 Å². The van der Waals surface area contributed by atoms with E-state index in [-0.39, 0.29) is 0 Å². The predicted molar refractivity (Wildman–Crippen MR) is 86.4 cm³/mol. The third-order valence-electron chi connectivity index (χ3n) is 3.38. The molecule has 0 N–H and O–H groups in total. The van der Waals surface area contributed by atoms with Crippen LogP contribution in [0.2, 0.25) is 0 Å². The van der Waals surface area contributed by atoms with Crippen LogP contribution in [0.5, 0.6) is 5.75 Å². The molecule has 3 rings (SSSR count). The molecule has 0 aliphatic carbocycles. The van der Waals surface area contributed by atoms with Gasteiger partial charge in [-0.1, -0.05) is 0 Å². The van der Waals surface area contributed by atoms with E-state index in [1.54, 1.807) is 7.11 Å². The molecule has 5 nitrogen and oxygen atoms in total. The van der Waals surface area contributed by atoms with Crippen molar-refractivity contribution in [2.75, 3.05) is 7.11 Å². The minimum absolute atomic E-state index is 0.326. The molecule has 1 aromatic carbocycles. The number of aryl methyl sites for hydroxylation is 2. The van der Waals surface area contributed by atoms with Crippen molar-refractivity contribution in [3.63, 3.8) is 0 Å². The molecule has 0 aliphatic rings. The fraction of sp³-hybridized carbons (Fsp3) is 0.286. The lowest BCUT2D eigenvalue weighted by Gasteiger charge is -2.11. The van der Waals surface area contributed by atoms with Crippen LogP contribution in [0.25, 0.3) is 16.9 Å². The van der Waals surface area contributed by atoms with Gasteiger partial charge in [-0.3, -0.25) is 4.57 Å². The van der Waals surface area contributed by atoms with E-state index in [9.17, 15) is 0 Å². The number of halogens is 2. The summed E-state index contributed by atoms with van der Waals surface area (Å²) in [6.45, 7) is 1.94. The van der Waals surface area contributed by atoms with E-state index < -0.39 is 0 Å². The number of methoxy groups -OCH3 is 1. The number of alkyl halides is 1. The Labute approximate surface area is 135 Å². The first-order valence-electron chi connectivity index (χ1n) is 6.37. The van der Waals surface area contributed by atoms with Crippen LogP contribution in [0.3, 0.4) is 0 Å². The van der Waals surface area contributed by atoms with E-state index in [1.165, 1.54) is 0 Å². The summed E-state index contributed by atoms with van der Waals surface area (Å²) in [5, 5.41) is 4.42. The molecule has 2 heterocycles. The van der Waals surface area contributed by atoms with E-state index in [0.29, 0.717) is 5.88 Å². The second-order valence-corrected chi connectivity index (χ2v) is 5.82. The molecule has 0 atom stereocenters. The lowest BCUT2D eigenvalue weighted by Crippen LogP contribution is -2.04. The van der Waals surface area contributed by atoms with Gasteiger partial charge >= 0.3 is 0 Å². The number of benzene rings is 1. The van der Waals surface area contributed by atoms with Crippen molar-refractivity contribution in [3.8, 4) is 11.4 Å². The molecule has 0 unspecified atom stereocenters. The first-order chi connectivity index (χ1) is 10.1. The minimum Gasteiger partial charge on any atom is -0.495 e. The Bertz CT molecular complexity index is 824. The molecule has 0 amide bonds. The fourth-order valence-corrected chi connectivity index (χ4v) is 3.05. The van der Waals surface area contributed by atoms with E-state index in [0.717, 1.165) is 38.6 Å².